The van der Waals surface area contributed by atoms with Crippen molar-refractivity contribution in [1.82, 2.24) is 0 Å². The van der Waals surface area contributed by atoms with Crippen LogP contribution in [0.25, 0.3) is 6.08 Å². The Morgan fingerprint density at radius 3 is 2.53 bits per heavy atom. The van der Waals surface area contributed by atoms with E-state index in [1.807, 2.05) is 30.3 Å². The minimum absolute atomic E-state index is 0.365. The number of allylic oxidation sites excluding steroid dienone is 2. The van der Waals surface area contributed by atoms with E-state index in [0.717, 1.165) is 5.56 Å². The van der Waals surface area contributed by atoms with Gasteiger partial charge in [0.2, 0.25) is 0 Å². The molecule has 1 aromatic rings. The van der Waals surface area contributed by atoms with Crippen molar-refractivity contribution in [3.05, 3.63) is 53.1 Å². The number of halogens is 1. The largest absolute Gasteiger partial charge is 0.466 e. The van der Waals surface area contributed by atoms with E-state index in [1.54, 1.807) is 12.2 Å². The maximum atomic E-state index is 10.7. The van der Waals surface area contributed by atoms with E-state index in [4.69, 9.17) is 11.6 Å². The average molecular weight is 223 g/mol. The van der Waals surface area contributed by atoms with Crippen molar-refractivity contribution < 1.29 is 9.53 Å². The second kappa shape index (κ2) is 6.04. The number of carbonyl (C=O) groups is 1. The number of benzene rings is 1. The summed E-state index contributed by atoms with van der Waals surface area (Å²) in [6.45, 7) is 0. The predicted molar refractivity (Wildman–Crippen MR) is 61.6 cm³/mol. The van der Waals surface area contributed by atoms with Gasteiger partial charge in [0.25, 0.3) is 0 Å². The van der Waals surface area contributed by atoms with Crippen LogP contribution in [-0.2, 0) is 9.53 Å². The highest BCUT2D eigenvalue weighted by Gasteiger charge is 1.88. The minimum atomic E-state index is -0.365. The first-order chi connectivity index (χ1) is 7.22. The van der Waals surface area contributed by atoms with E-state index in [2.05, 4.69) is 4.74 Å². The van der Waals surface area contributed by atoms with Gasteiger partial charge in [0.15, 0.2) is 0 Å². The van der Waals surface area contributed by atoms with Crippen LogP contribution in [0.3, 0.4) is 0 Å². The van der Waals surface area contributed by atoms with Crippen LogP contribution in [0, 0.1) is 0 Å². The third-order valence-corrected chi connectivity index (χ3v) is 1.96. The summed E-state index contributed by atoms with van der Waals surface area (Å²) in [6, 6.07) is 7.41. The Morgan fingerprint density at radius 1 is 1.27 bits per heavy atom. The molecule has 0 atom stereocenters. The maximum Gasteiger partial charge on any atom is 0.330 e. The van der Waals surface area contributed by atoms with Gasteiger partial charge in [0.1, 0.15) is 0 Å². The molecule has 78 valence electrons. The Bertz CT molecular complexity index is 377. The summed E-state index contributed by atoms with van der Waals surface area (Å²) in [7, 11) is 1.34. The Labute approximate surface area is 93.8 Å². The molecule has 0 radical (unpaired) electrons. The molecule has 1 rings (SSSR count). The lowest BCUT2D eigenvalue weighted by Crippen LogP contribution is -1.92. The molecule has 0 amide bonds. The summed E-state index contributed by atoms with van der Waals surface area (Å²) < 4.78 is 4.44. The standard InChI is InChI=1S/C12H11ClO2/c1-15-12(14)5-3-2-4-10-6-8-11(13)9-7-10/h2-9H,1H3/b4-2+,5-3+. The molecule has 0 heterocycles. The second-order valence-corrected chi connectivity index (χ2v) is 3.23. The smallest absolute Gasteiger partial charge is 0.330 e. The molecule has 0 bridgehead atoms. The fourth-order valence-corrected chi connectivity index (χ4v) is 1.07. The SMILES string of the molecule is COC(=O)/C=C/C=C/c1ccc(Cl)cc1. The molecule has 0 spiro atoms. The normalized spacial score (nSPS) is 11.1. The van der Waals surface area contributed by atoms with E-state index in [-0.39, 0.29) is 5.97 Å². The van der Waals surface area contributed by atoms with Gasteiger partial charge in [-0.15, -0.1) is 0 Å². The first-order valence-corrected chi connectivity index (χ1v) is 4.78. The molecular weight excluding hydrogens is 212 g/mol. The van der Waals surface area contributed by atoms with Gasteiger partial charge in [0, 0.05) is 11.1 Å². The van der Waals surface area contributed by atoms with Gasteiger partial charge in [-0.2, -0.15) is 0 Å². The minimum Gasteiger partial charge on any atom is -0.466 e. The summed E-state index contributed by atoms with van der Waals surface area (Å²) in [5, 5.41) is 0.706. The zero-order chi connectivity index (χ0) is 11.1. The van der Waals surface area contributed by atoms with Gasteiger partial charge in [-0.3, -0.25) is 0 Å². The highest BCUT2D eigenvalue weighted by Crippen LogP contribution is 2.10. The van der Waals surface area contributed by atoms with Crippen molar-refractivity contribution in [3.8, 4) is 0 Å². The highest BCUT2D eigenvalue weighted by molar-refractivity contribution is 6.30. The van der Waals surface area contributed by atoms with Crippen molar-refractivity contribution in [2.75, 3.05) is 7.11 Å². The van der Waals surface area contributed by atoms with Crippen molar-refractivity contribution in [2.45, 2.75) is 0 Å². The molecule has 15 heavy (non-hydrogen) atoms. The topological polar surface area (TPSA) is 26.3 Å². The van der Waals surface area contributed by atoms with Crippen LogP contribution in [0.4, 0.5) is 0 Å². The average Bonchev–Trinajstić information content (AvgIpc) is 2.26. The lowest BCUT2D eigenvalue weighted by molar-refractivity contribution is -0.134. The van der Waals surface area contributed by atoms with E-state index in [0.29, 0.717) is 5.02 Å². The number of hydrogen-bond donors (Lipinski definition) is 0. The summed E-state index contributed by atoms with van der Waals surface area (Å²) in [4.78, 5) is 10.7. The third kappa shape index (κ3) is 4.47. The lowest BCUT2D eigenvalue weighted by atomic mass is 10.2. The lowest BCUT2D eigenvalue weighted by Gasteiger charge is -1.91. The molecule has 0 aliphatic rings. The maximum absolute atomic E-state index is 10.7. The zero-order valence-electron chi connectivity index (χ0n) is 8.31. The van der Waals surface area contributed by atoms with Crippen LogP contribution in [0.1, 0.15) is 5.56 Å². The number of methoxy groups -OCH3 is 1. The Kier molecular flexibility index (Phi) is 4.64. The quantitative estimate of drug-likeness (QED) is 0.446. The summed E-state index contributed by atoms with van der Waals surface area (Å²) in [5.41, 5.74) is 1.02. The van der Waals surface area contributed by atoms with Crippen molar-refractivity contribution in [1.29, 1.82) is 0 Å². The van der Waals surface area contributed by atoms with E-state index in [9.17, 15) is 4.79 Å². The molecule has 0 saturated heterocycles. The fraction of sp³-hybridized carbons (Fsp3) is 0.0833. The molecule has 3 heteroatoms. The number of hydrogen-bond acceptors (Lipinski definition) is 2. The highest BCUT2D eigenvalue weighted by atomic mass is 35.5. The van der Waals surface area contributed by atoms with Gasteiger partial charge in [-0.1, -0.05) is 42.0 Å². The Hall–Kier alpha value is -1.54. The number of ether oxygens (including phenoxy) is 1. The fourth-order valence-electron chi connectivity index (χ4n) is 0.943. The summed E-state index contributed by atoms with van der Waals surface area (Å²) in [5.74, 6) is -0.365. The van der Waals surface area contributed by atoms with Crippen LogP contribution in [-0.4, -0.2) is 13.1 Å². The Morgan fingerprint density at radius 2 is 1.93 bits per heavy atom. The first-order valence-electron chi connectivity index (χ1n) is 4.40. The Balaban J connectivity index is 2.55. The summed E-state index contributed by atoms with van der Waals surface area (Å²) in [6.07, 6.45) is 6.61. The van der Waals surface area contributed by atoms with Crippen LogP contribution in [0.5, 0.6) is 0 Å². The molecule has 0 unspecified atom stereocenters. The molecule has 0 saturated carbocycles. The second-order valence-electron chi connectivity index (χ2n) is 2.79. The van der Waals surface area contributed by atoms with E-state index < -0.39 is 0 Å². The van der Waals surface area contributed by atoms with Gasteiger partial charge in [-0.05, 0) is 17.7 Å². The van der Waals surface area contributed by atoms with E-state index in [1.165, 1.54) is 13.2 Å². The monoisotopic (exact) mass is 222 g/mol. The molecule has 0 aliphatic heterocycles. The first kappa shape index (κ1) is 11.5. The van der Waals surface area contributed by atoms with Crippen molar-refractivity contribution >= 4 is 23.6 Å². The molecule has 0 aliphatic carbocycles. The van der Waals surface area contributed by atoms with Crippen LogP contribution in [0.2, 0.25) is 5.02 Å². The van der Waals surface area contributed by atoms with Gasteiger partial charge in [0.05, 0.1) is 7.11 Å². The molecule has 1 aromatic carbocycles. The molecule has 0 fully saturated rings. The van der Waals surface area contributed by atoms with Gasteiger partial charge >= 0.3 is 5.97 Å². The van der Waals surface area contributed by atoms with Crippen LogP contribution >= 0.6 is 11.6 Å². The molecule has 0 aromatic heterocycles. The molecule has 2 nitrogen and oxygen atoms in total. The predicted octanol–water partition coefficient (Wildman–Crippen LogP) is 3.08. The van der Waals surface area contributed by atoms with Crippen LogP contribution < -0.4 is 0 Å². The molecule has 0 N–H and O–H groups in total. The number of rotatable bonds is 3. The number of carbonyl (C=O) groups excluding carboxylic acids is 1. The van der Waals surface area contributed by atoms with Crippen molar-refractivity contribution in [2.24, 2.45) is 0 Å². The van der Waals surface area contributed by atoms with E-state index >= 15 is 0 Å². The summed E-state index contributed by atoms with van der Waals surface area (Å²) >= 11 is 5.73. The van der Waals surface area contributed by atoms with Crippen molar-refractivity contribution in [3.63, 3.8) is 0 Å². The van der Waals surface area contributed by atoms with Crippen LogP contribution in [0.15, 0.2) is 42.5 Å². The number of esters is 1. The van der Waals surface area contributed by atoms with Gasteiger partial charge in [-0.25, -0.2) is 4.79 Å². The molecular formula is C12H11ClO2. The third-order valence-electron chi connectivity index (χ3n) is 1.70. The zero-order valence-corrected chi connectivity index (χ0v) is 9.07. The van der Waals surface area contributed by atoms with Gasteiger partial charge < -0.3 is 4.74 Å².